The van der Waals surface area contributed by atoms with Crippen molar-refractivity contribution in [2.45, 2.75) is 46.2 Å². The van der Waals surface area contributed by atoms with Gasteiger partial charge >= 0.3 is 6.03 Å². The molecule has 0 heterocycles. The number of nitrogens with zero attached hydrogens (tertiary/aromatic N) is 1. The van der Waals surface area contributed by atoms with Gasteiger partial charge in [-0.3, -0.25) is 0 Å². The van der Waals surface area contributed by atoms with Crippen molar-refractivity contribution in [2.24, 2.45) is 5.41 Å². The average Bonchev–Trinajstić information content (AvgIpc) is 2.21. The fraction of sp³-hybridized carbons (Fsp3) is 0.923. The van der Waals surface area contributed by atoms with Crippen molar-refractivity contribution in [1.82, 2.24) is 15.5 Å². The Morgan fingerprint density at radius 3 is 2.22 bits per heavy atom. The topological polar surface area (TPSA) is 64.6 Å². The lowest BCUT2D eigenvalue weighted by molar-refractivity contribution is 0.196. The van der Waals surface area contributed by atoms with Crippen molar-refractivity contribution >= 4 is 6.03 Å². The molecule has 108 valence electrons. The molecule has 0 bridgehead atoms. The molecule has 2 unspecified atom stereocenters. The predicted octanol–water partition coefficient (Wildman–Crippen LogP) is 1.03. The van der Waals surface area contributed by atoms with Crippen LogP contribution >= 0.6 is 0 Å². The van der Waals surface area contributed by atoms with Crippen molar-refractivity contribution in [1.29, 1.82) is 0 Å². The summed E-state index contributed by atoms with van der Waals surface area (Å²) < 4.78 is 0. The van der Waals surface area contributed by atoms with E-state index in [9.17, 15) is 4.79 Å². The van der Waals surface area contributed by atoms with Gasteiger partial charge in [-0.1, -0.05) is 20.8 Å². The van der Waals surface area contributed by atoms with Gasteiger partial charge in [-0.2, -0.15) is 0 Å². The van der Waals surface area contributed by atoms with Crippen LogP contribution in [0.1, 0.15) is 34.1 Å². The lowest BCUT2D eigenvalue weighted by Crippen LogP contribution is -2.51. The third-order valence-electron chi connectivity index (χ3n) is 2.87. The summed E-state index contributed by atoms with van der Waals surface area (Å²) in [6.45, 7) is 8.99. The maximum absolute atomic E-state index is 11.8. The highest BCUT2D eigenvalue weighted by Crippen LogP contribution is 2.21. The number of urea groups is 1. The zero-order chi connectivity index (χ0) is 14.3. The van der Waals surface area contributed by atoms with Gasteiger partial charge in [-0.15, -0.1) is 0 Å². The molecule has 3 N–H and O–H groups in total. The molecule has 0 fully saturated rings. The molecule has 0 spiro atoms. The van der Waals surface area contributed by atoms with Crippen LogP contribution in [0.25, 0.3) is 0 Å². The Hall–Kier alpha value is -0.810. The van der Waals surface area contributed by atoms with E-state index in [-0.39, 0.29) is 30.1 Å². The van der Waals surface area contributed by atoms with E-state index < -0.39 is 0 Å². The molecule has 18 heavy (non-hydrogen) atoms. The van der Waals surface area contributed by atoms with Crippen LogP contribution in [0, 0.1) is 5.41 Å². The molecule has 0 radical (unpaired) electrons. The van der Waals surface area contributed by atoms with Crippen molar-refractivity contribution in [3.8, 4) is 0 Å². The molecule has 0 aliphatic heterocycles. The molecule has 0 aliphatic carbocycles. The lowest BCUT2D eigenvalue weighted by atomic mass is 9.84. The second kappa shape index (κ2) is 7.59. The van der Waals surface area contributed by atoms with Gasteiger partial charge in [0.1, 0.15) is 0 Å². The van der Waals surface area contributed by atoms with Crippen molar-refractivity contribution in [2.75, 3.05) is 27.2 Å². The van der Waals surface area contributed by atoms with Crippen LogP contribution in [0.15, 0.2) is 0 Å². The Morgan fingerprint density at radius 1 is 1.28 bits per heavy atom. The Morgan fingerprint density at radius 2 is 1.83 bits per heavy atom. The Balaban J connectivity index is 4.36. The van der Waals surface area contributed by atoms with Gasteiger partial charge in [0.2, 0.25) is 0 Å². The number of hydrogen-bond donors (Lipinski definition) is 3. The number of rotatable bonds is 6. The minimum atomic E-state index is -0.223. The second-order valence-electron chi connectivity index (χ2n) is 6.21. The maximum atomic E-state index is 11.8. The minimum Gasteiger partial charge on any atom is -0.394 e. The number of carbonyl (C=O) groups is 1. The van der Waals surface area contributed by atoms with E-state index in [1.165, 1.54) is 0 Å². The molecule has 0 aromatic carbocycles. The molecule has 5 heteroatoms. The SMILES string of the molecule is CC(CO)NC(=O)NC(CCN(C)C)C(C)(C)C. The summed E-state index contributed by atoms with van der Waals surface area (Å²) in [6, 6.07) is -0.333. The van der Waals surface area contributed by atoms with Crippen molar-refractivity contribution in [3.05, 3.63) is 0 Å². The Labute approximate surface area is 111 Å². The predicted molar refractivity (Wildman–Crippen MR) is 74.6 cm³/mol. The standard InChI is InChI=1S/C13H29N3O2/c1-10(9-17)14-12(18)15-11(13(2,3)4)7-8-16(5)6/h10-11,17H,7-9H2,1-6H3,(H2,14,15,18). The molecule has 0 aromatic rings. The first kappa shape index (κ1) is 17.2. The van der Waals surface area contributed by atoms with Gasteiger partial charge in [0.15, 0.2) is 0 Å². The first-order chi connectivity index (χ1) is 8.16. The van der Waals surface area contributed by atoms with Crippen LogP contribution in [0.2, 0.25) is 0 Å². The quantitative estimate of drug-likeness (QED) is 0.667. The molecule has 5 nitrogen and oxygen atoms in total. The zero-order valence-electron chi connectivity index (χ0n) is 12.6. The monoisotopic (exact) mass is 259 g/mol. The maximum Gasteiger partial charge on any atom is 0.315 e. The van der Waals surface area contributed by atoms with E-state index in [1.807, 2.05) is 14.1 Å². The highest BCUT2D eigenvalue weighted by molar-refractivity contribution is 5.74. The summed E-state index contributed by atoms with van der Waals surface area (Å²) in [5.41, 5.74) is 0.00972. The molecular weight excluding hydrogens is 230 g/mol. The molecular formula is C13H29N3O2. The number of amides is 2. The van der Waals surface area contributed by atoms with Gasteiger partial charge in [0.05, 0.1) is 12.6 Å². The number of carbonyl (C=O) groups excluding carboxylic acids is 1. The molecule has 0 aromatic heterocycles. The number of aliphatic hydroxyl groups excluding tert-OH is 1. The van der Waals surface area contributed by atoms with Crippen molar-refractivity contribution < 1.29 is 9.90 Å². The van der Waals surface area contributed by atoms with Gasteiger partial charge in [0, 0.05) is 6.04 Å². The third-order valence-corrected chi connectivity index (χ3v) is 2.87. The molecule has 2 amide bonds. The van der Waals surface area contributed by atoms with E-state index in [0.29, 0.717) is 0 Å². The van der Waals surface area contributed by atoms with Crippen molar-refractivity contribution in [3.63, 3.8) is 0 Å². The fourth-order valence-corrected chi connectivity index (χ4v) is 1.58. The molecule has 0 rings (SSSR count). The summed E-state index contributed by atoms with van der Waals surface area (Å²) in [5.74, 6) is 0. The van der Waals surface area contributed by atoms with Gasteiger partial charge in [0.25, 0.3) is 0 Å². The highest BCUT2D eigenvalue weighted by atomic mass is 16.3. The molecule has 0 aliphatic rings. The largest absolute Gasteiger partial charge is 0.394 e. The van der Waals surface area contributed by atoms with Gasteiger partial charge < -0.3 is 20.6 Å². The van der Waals surface area contributed by atoms with Crippen LogP contribution in [0.4, 0.5) is 4.79 Å². The van der Waals surface area contributed by atoms with E-state index in [1.54, 1.807) is 6.92 Å². The van der Waals surface area contributed by atoms with E-state index >= 15 is 0 Å². The fourth-order valence-electron chi connectivity index (χ4n) is 1.58. The Kier molecular flexibility index (Phi) is 7.25. The number of aliphatic hydroxyl groups is 1. The van der Waals surface area contributed by atoms with Crippen LogP contribution in [-0.2, 0) is 0 Å². The van der Waals surface area contributed by atoms with E-state index in [2.05, 4.69) is 36.3 Å². The summed E-state index contributed by atoms with van der Waals surface area (Å²) in [7, 11) is 4.04. The van der Waals surface area contributed by atoms with Crippen LogP contribution in [0.3, 0.4) is 0 Å². The molecule has 0 saturated heterocycles. The summed E-state index contributed by atoms with van der Waals surface area (Å²) in [5, 5.41) is 14.6. The smallest absolute Gasteiger partial charge is 0.315 e. The zero-order valence-corrected chi connectivity index (χ0v) is 12.6. The molecule has 2 atom stereocenters. The first-order valence-electron chi connectivity index (χ1n) is 6.49. The summed E-state index contributed by atoms with van der Waals surface area (Å²) >= 11 is 0. The summed E-state index contributed by atoms with van der Waals surface area (Å²) in [6.07, 6.45) is 0.900. The highest BCUT2D eigenvalue weighted by Gasteiger charge is 2.26. The van der Waals surface area contributed by atoms with Crippen LogP contribution < -0.4 is 10.6 Å². The molecule has 0 saturated carbocycles. The average molecular weight is 259 g/mol. The normalized spacial score (nSPS) is 15.3. The van der Waals surface area contributed by atoms with Gasteiger partial charge in [-0.25, -0.2) is 4.79 Å². The second-order valence-corrected chi connectivity index (χ2v) is 6.21. The third kappa shape index (κ3) is 7.50. The van der Waals surface area contributed by atoms with E-state index in [4.69, 9.17) is 5.11 Å². The lowest BCUT2D eigenvalue weighted by Gasteiger charge is -2.32. The van der Waals surface area contributed by atoms with E-state index in [0.717, 1.165) is 13.0 Å². The van der Waals surface area contributed by atoms with Crippen LogP contribution in [-0.4, -0.2) is 55.4 Å². The summed E-state index contributed by atoms with van der Waals surface area (Å²) in [4.78, 5) is 13.9. The Bertz CT molecular complexity index is 249. The first-order valence-corrected chi connectivity index (χ1v) is 6.49. The number of hydrogen-bond acceptors (Lipinski definition) is 3. The minimum absolute atomic E-state index is 0.00972. The number of nitrogens with one attached hydrogen (secondary N) is 2. The van der Waals surface area contributed by atoms with Gasteiger partial charge in [-0.05, 0) is 39.4 Å². The van der Waals surface area contributed by atoms with Crippen LogP contribution in [0.5, 0.6) is 0 Å².